The van der Waals surface area contributed by atoms with Gasteiger partial charge in [0, 0.05) is 12.5 Å². The summed E-state index contributed by atoms with van der Waals surface area (Å²) in [6.07, 6.45) is 1.69. The van der Waals surface area contributed by atoms with Gasteiger partial charge in [0.2, 0.25) is 5.89 Å². The van der Waals surface area contributed by atoms with Crippen molar-refractivity contribution in [3.8, 4) is 10.8 Å². The molecule has 0 bridgehead atoms. The molecule has 0 saturated heterocycles. The van der Waals surface area contributed by atoms with Gasteiger partial charge in [0.15, 0.2) is 0 Å². The fourth-order valence-electron chi connectivity index (χ4n) is 1.15. The van der Waals surface area contributed by atoms with Crippen molar-refractivity contribution in [3.63, 3.8) is 0 Å². The largest absolute Gasteiger partial charge is 0.444 e. The van der Waals surface area contributed by atoms with Gasteiger partial charge in [0.1, 0.15) is 6.26 Å². The Hall–Kier alpha value is -1.13. The van der Waals surface area contributed by atoms with E-state index in [0.29, 0.717) is 12.4 Å². The lowest BCUT2D eigenvalue weighted by atomic mass is 10.1. The Labute approximate surface area is 86.6 Å². The molecule has 0 aliphatic rings. The molecule has 4 heteroatoms. The quantitative estimate of drug-likeness (QED) is 0.843. The Kier molecular flexibility index (Phi) is 2.65. The van der Waals surface area contributed by atoms with E-state index in [0.717, 1.165) is 10.6 Å². The van der Waals surface area contributed by atoms with Crippen LogP contribution in [0.2, 0.25) is 0 Å². The smallest absolute Gasteiger partial charge is 0.236 e. The highest BCUT2D eigenvalue weighted by atomic mass is 32.1. The Balaban J connectivity index is 2.26. The van der Waals surface area contributed by atoms with Crippen LogP contribution in [0.1, 0.15) is 18.5 Å². The highest BCUT2D eigenvalue weighted by Crippen LogP contribution is 2.25. The van der Waals surface area contributed by atoms with E-state index in [1.54, 1.807) is 17.6 Å². The molecule has 0 radical (unpaired) electrons. The third-order valence-electron chi connectivity index (χ3n) is 2.11. The number of hydrogen-bond donors (Lipinski definition) is 1. The maximum absolute atomic E-state index is 5.55. The normalized spacial score (nSPS) is 13.0. The number of nitrogens with two attached hydrogens (primary N) is 1. The molecule has 0 spiro atoms. The molecule has 0 aliphatic carbocycles. The number of oxazole rings is 1. The Bertz CT molecular complexity index is 394. The zero-order valence-electron chi connectivity index (χ0n) is 7.93. The molecule has 2 N–H and O–H groups in total. The summed E-state index contributed by atoms with van der Waals surface area (Å²) in [7, 11) is 0. The van der Waals surface area contributed by atoms with Crippen molar-refractivity contribution in [2.75, 3.05) is 6.54 Å². The highest BCUT2D eigenvalue weighted by Gasteiger charge is 2.11. The van der Waals surface area contributed by atoms with Gasteiger partial charge in [-0.25, -0.2) is 4.98 Å². The van der Waals surface area contributed by atoms with Crippen LogP contribution in [0.25, 0.3) is 10.8 Å². The summed E-state index contributed by atoms with van der Waals surface area (Å²) in [6, 6.07) is 3.98. The van der Waals surface area contributed by atoms with Gasteiger partial charge in [-0.05, 0) is 11.4 Å². The van der Waals surface area contributed by atoms with Crippen molar-refractivity contribution in [1.29, 1.82) is 0 Å². The predicted octanol–water partition coefficient (Wildman–Crippen LogP) is 2.47. The van der Waals surface area contributed by atoms with Crippen LogP contribution in [-0.2, 0) is 0 Å². The summed E-state index contributed by atoms with van der Waals surface area (Å²) in [5.41, 5.74) is 6.48. The first-order valence-electron chi connectivity index (χ1n) is 4.50. The predicted molar refractivity (Wildman–Crippen MR) is 57.3 cm³/mol. The minimum atomic E-state index is 0.257. The molecule has 1 unspecified atom stereocenters. The molecule has 2 aromatic rings. The molecule has 2 heterocycles. The van der Waals surface area contributed by atoms with E-state index in [2.05, 4.69) is 4.98 Å². The number of aromatic nitrogens is 1. The van der Waals surface area contributed by atoms with Crippen molar-refractivity contribution in [2.24, 2.45) is 5.73 Å². The number of hydrogen-bond acceptors (Lipinski definition) is 4. The van der Waals surface area contributed by atoms with E-state index in [4.69, 9.17) is 10.2 Å². The van der Waals surface area contributed by atoms with Crippen molar-refractivity contribution in [3.05, 3.63) is 29.5 Å². The maximum Gasteiger partial charge on any atom is 0.236 e. The van der Waals surface area contributed by atoms with Crippen LogP contribution in [0.15, 0.2) is 28.2 Å². The van der Waals surface area contributed by atoms with Gasteiger partial charge in [-0.1, -0.05) is 13.0 Å². The van der Waals surface area contributed by atoms with Crippen LogP contribution in [0.5, 0.6) is 0 Å². The first-order valence-corrected chi connectivity index (χ1v) is 5.38. The van der Waals surface area contributed by atoms with Gasteiger partial charge in [-0.15, -0.1) is 11.3 Å². The van der Waals surface area contributed by atoms with Crippen molar-refractivity contribution in [2.45, 2.75) is 12.8 Å². The van der Waals surface area contributed by atoms with Crippen LogP contribution >= 0.6 is 11.3 Å². The Morgan fingerprint density at radius 2 is 2.50 bits per heavy atom. The van der Waals surface area contributed by atoms with Crippen molar-refractivity contribution in [1.82, 2.24) is 4.98 Å². The second-order valence-electron chi connectivity index (χ2n) is 3.19. The molecule has 0 aliphatic heterocycles. The average Bonchev–Trinajstić information content (AvgIpc) is 2.86. The van der Waals surface area contributed by atoms with Gasteiger partial charge in [0.05, 0.1) is 10.6 Å². The van der Waals surface area contributed by atoms with Gasteiger partial charge in [-0.2, -0.15) is 0 Å². The van der Waals surface area contributed by atoms with Crippen molar-refractivity contribution < 1.29 is 4.42 Å². The lowest BCUT2D eigenvalue weighted by molar-refractivity contribution is 0.571. The lowest BCUT2D eigenvalue weighted by Crippen LogP contribution is -2.08. The first kappa shape index (κ1) is 9.43. The fourth-order valence-corrected chi connectivity index (χ4v) is 1.80. The average molecular weight is 208 g/mol. The van der Waals surface area contributed by atoms with E-state index in [1.165, 1.54) is 0 Å². The van der Waals surface area contributed by atoms with E-state index in [-0.39, 0.29) is 5.92 Å². The molecule has 14 heavy (non-hydrogen) atoms. The third-order valence-corrected chi connectivity index (χ3v) is 2.97. The van der Waals surface area contributed by atoms with Gasteiger partial charge < -0.3 is 10.2 Å². The van der Waals surface area contributed by atoms with Crippen molar-refractivity contribution >= 4 is 11.3 Å². The summed E-state index contributed by atoms with van der Waals surface area (Å²) < 4.78 is 5.38. The molecule has 0 amide bonds. The second kappa shape index (κ2) is 3.94. The zero-order chi connectivity index (χ0) is 9.97. The molecule has 3 nitrogen and oxygen atoms in total. The SMILES string of the molecule is CC(CN)c1coc(-c2cccs2)n1. The van der Waals surface area contributed by atoms with E-state index >= 15 is 0 Å². The minimum absolute atomic E-state index is 0.257. The van der Waals surface area contributed by atoms with Gasteiger partial charge in [-0.3, -0.25) is 0 Å². The number of rotatable bonds is 3. The zero-order valence-corrected chi connectivity index (χ0v) is 8.75. The molecular weight excluding hydrogens is 196 g/mol. The molecule has 1 atom stereocenters. The van der Waals surface area contributed by atoms with Crippen LogP contribution in [0.3, 0.4) is 0 Å². The van der Waals surface area contributed by atoms with E-state index < -0.39 is 0 Å². The maximum atomic E-state index is 5.55. The molecule has 0 aromatic carbocycles. The van der Waals surface area contributed by atoms with Crippen LogP contribution in [0, 0.1) is 0 Å². The Morgan fingerprint density at radius 1 is 1.64 bits per heavy atom. The summed E-state index contributed by atoms with van der Waals surface area (Å²) in [4.78, 5) is 5.44. The molecular formula is C10H12N2OS. The molecule has 0 saturated carbocycles. The van der Waals surface area contributed by atoms with Crippen LogP contribution in [0.4, 0.5) is 0 Å². The number of thiophene rings is 1. The first-order chi connectivity index (χ1) is 6.81. The summed E-state index contributed by atoms with van der Waals surface area (Å²) >= 11 is 1.62. The lowest BCUT2D eigenvalue weighted by Gasteiger charge is -2.00. The summed E-state index contributed by atoms with van der Waals surface area (Å²) in [6.45, 7) is 2.63. The van der Waals surface area contributed by atoms with Crippen LogP contribution < -0.4 is 5.73 Å². The van der Waals surface area contributed by atoms with E-state index in [1.807, 2.05) is 24.4 Å². The summed E-state index contributed by atoms with van der Waals surface area (Å²) in [5, 5.41) is 2.01. The molecule has 2 rings (SSSR count). The highest BCUT2D eigenvalue weighted by molar-refractivity contribution is 7.13. The van der Waals surface area contributed by atoms with Gasteiger partial charge in [0.25, 0.3) is 0 Å². The second-order valence-corrected chi connectivity index (χ2v) is 4.14. The summed E-state index contributed by atoms with van der Waals surface area (Å²) in [5.74, 6) is 0.947. The third kappa shape index (κ3) is 1.71. The molecule has 74 valence electrons. The number of nitrogens with zero attached hydrogens (tertiary/aromatic N) is 1. The Morgan fingerprint density at radius 3 is 3.14 bits per heavy atom. The van der Waals surface area contributed by atoms with Gasteiger partial charge >= 0.3 is 0 Å². The van der Waals surface area contributed by atoms with Crippen LogP contribution in [-0.4, -0.2) is 11.5 Å². The van der Waals surface area contributed by atoms with E-state index in [9.17, 15) is 0 Å². The minimum Gasteiger partial charge on any atom is -0.444 e. The molecule has 0 fully saturated rings. The molecule has 2 aromatic heterocycles. The standard InChI is InChI=1S/C10H12N2OS/c1-7(5-11)8-6-13-10(12-8)9-3-2-4-14-9/h2-4,6-7H,5,11H2,1H3. The monoisotopic (exact) mass is 208 g/mol. The topological polar surface area (TPSA) is 52.0 Å². The fraction of sp³-hybridized carbons (Fsp3) is 0.300.